The van der Waals surface area contributed by atoms with Crippen molar-refractivity contribution in [3.63, 3.8) is 0 Å². The molecule has 5 heteroatoms. The van der Waals surface area contributed by atoms with E-state index in [4.69, 9.17) is 14.7 Å². The van der Waals surface area contributed by atoms with Crippen molar-refractivity contribution in [2.75, 3.05) is 20.3 Å². The Morgan fingerprint density at radius 2 is 2.16 bits per heavy atom. The fourth-order valence-corrected chi connectivity index (χ4v) is 1.54. The van der Waals surface area contributed by atoms with E-state index in [1.54, 1.807) is 13.8 Å². The van der Waals surface area contributed by atoms with E-state index in [9.17, 15) is 9.50 Å². The molecule has 1 aromatic carbocycles. The van der Waals surface area contributed by atoms with Gasteiger partial charge in [-0.15, -0.1) is 0 Å². The number of benzene rings is 1. The first-order valence-corrected chi connectivity index (χ1v) is 5.90. The number of methoxy groups -OCH3 is 1. The second kappa shape index (κ2) is 6.50. The summed E-state index contributed by atoms with van der Waals surface area (Å²) in [5.74, 6) is 0.00704. The topological polar surface area (TPSA) is 62.5 Å². The van der Waals surface area contributed by atoms with Crippen LogP contribution in [0.2, 0.25) is 0 Å². The third-order valence-corrected chi connectivity index (χ3v) is 2.65. The lowest BCUT2D eigenvalue weighted by atomic mass is 9.97. The van der Waals surface area contributed by atoms with Crippen LogP contribution in [0.5, 0.6) is 5.75 Å². The number of hydrogen-bond donors (Lipinski definition) is 1. The second-order valence-corrected chi connectivity index (χ2v) is 4.86. The summed E-state index contributed by atoms with van der Waals surface area (Å²) in [4.78, 5) is 0. The molecule has 0 fully saturated rings. The maximum atomic E-state index is 13.3. The van der Waals surface area contributed by atoms with Gasteiger partial charge < -0.3 is 14.6 Å². The van der Waals surface area contributed by atoms with Crippen LogP contribution >= 0.6 is 0 Å². The molecule has 0 amide bonds. The van der Waals surface area contributed by atoms with Crippen molar-refractivity contribution in [2.45, 2.75) is 20.0 Å². The summed E-state index contributed by atoms with van der Waals surface area (Å²) in [5, 5.41) is 18.3. The zero-order valence-corrected chi connectivity index (χ0v) is 11.3. The van der Waals surface area contributed by atoms with Gasteiger partial charge in [-0.1, -0.05) is 0 Å². The lowest BCUT2D eigenvalue weighted by molar-refractivity contribution is -0.0148. The highest BCUT2D eigenvalue weighted by molar-refractivity contribution is 5.35. The fourth-order valence-electron chi connectivity index (χ4n) is 1.54. The van der Waals surface area contributed by atoms with Gasteiger partial charge in [0.15, 0.2) is 0 Å². The molecule has 0 aliphatic carbocycles. The summed E-state index contributed by atoms with van der Waals surface area (Å²) in [5.41, 5.74) is -0.243. The molecule has 0 aromatic heterocycles. The van der Waals surface area contributed by atoms with Crippen LogP contribution in [-0.4, -0.2) is 25.4 Å². The third-order valence-electron chi connectivity index (χ3n) is 2.65. The first-order chi connectivity index (χ1) is 8.93. The molecule has 0 spiro atoms. The average molecular weight is 267 g/mol. The van der Waals surface area contributed by atoms with E-state index < -0.39 is 17.3 Å². The molecular formula is C14H18FNO3. The van der Waals surface area contributed by atoms with Crippen molar-refractivity contribution in [1.29, 1.82) is 5.26 Å². The van der Waals surface area contributed by atoms with Gasteiger partial charge in [-0.25, -0.2) is 4.39 Å². The molecule has 1 aromatic rings. The van der Waals surface area contributed by atoms with E-state index in [0.29, 0.717) is 11.3 Å². The zero-order valence-electron chi connectivity index (χ0n) is 11.3. The van der Waals surface area contributed by atoms with E-state index in [1.165, 1.54) is 25.3 Å². The van der Waals surface area contributed by atoms with Gasteiger partial charge in [-0.2, -0.15) is 5.26 Å². The Labute approximate surface area is 112 Å². The van der Waals surface area contributed by atoms with Crippen molar-refractivity contribution in [3.05, 3.63) is 29.6 Å². The predicted molar refractivity (Wildman–Crippen MR) is 68.1 cm³/mol. The number of halogens is 1. The summed E-state index contributed by atoms with van der Waals surface area (Å²) in [7, 11) is 1.46. The summed E-state index contributed by atoms with van der Waals surface area (Å²) in [6.07, 6.45) is -0.724. The highest BCUT2D eigenvalue weighted by Gasteiger charge is 2.23. The van der Waals surface area contributed by atoms with Crippen molar-refractivity contribution in [2.24, 2.45) is 5.41 Å². The molecule has 0 unspecified atom stereocenters. The molecule has 0 heterocycles. The largest absolute Gasteiger partial charge is 0.496 e. The molecule has 0 aliphatic heterocycles. The Kier molecular flexibility index (Phi) is 5.28. The van der Waals surface area contributed by atoms with E-state index in [1.807, 2.05) is 0 Å². The Balaban J connectivity index is 2.91. The summed E-state index contributed by atoms with van der Waals surface area (Å²) >= 11 is 0. The van der Waals surface area contributed by atoms with Gasteiger partial charge in [-0.3, -0.25) is 0 Å². The minimum Gasteiger partial charge on any atom is -0.496 e. The molecule has 0 saturated heterocycles. The number of nitrogens with zero attached hydrogens (tertiary/aromatic N) is 1. The lowest BCUT2D eigenvalue weighted by Gasteiger charge is -2.22. The van der Waals surface area contributed by atoms with Crippen molar-refractivity contribution >= 4 is 0 Å². The first kappa shape index (κ1) is 15.4. The molecule has 1 rings (SSSR count). The van der Waals surface area contributed by atoms with Crippen LogP contribution in [0.1, 0.15) is 25.5 Å². The van der Waals surface area contributed by atoms with Crippen LogP contribution in [0.4, 0.5) is 4.39 Å². The van der Waals surface area contributed by atoms with Gasteiger partial charge in [0.2, 0.25) is 0 Å². The van der Waals surface area contributed by atoms with Gasteiger partial charge in [0, 0.05) is 5.56 Å². The van der Waals surface area contributed by atoms with Gasteiger partial charge in [0.25, 0.3) is 0 Å². The highest BCUT2D eigenvalue weighted by Crippen LogP contribution is 2.29. The molecule has 0 saturated carbocycles. The second-order valence-electron chi connectivity index (χ2n) is 4.86. The molecule has 0 radical (unpaired) electrons. The number of aliphatic hydroxyl groups is 1. The number of aliphatic hydroxyl groups excluding tert-OH is 1. The van der Waals surface area contributed by atoms with Crippen LogP contribution in [0, 0.1) is 22.6 Å². The van der Waals surface area contributed by atoms with E-state index in [0.717, 1.165) is 0 Å². The Morgan fingerprint density at radius 1 is 1.47 bits per heavy atom. The Morgan fingerprint density at radius 3 is 2.68 bits per heavy atom. The van der Waals surface area contributed by atoms with Gasteiger partial charge in [0.1, 0.15) is 17.7 Å². The average Bonchev–Trinajstić information content (AvgIpc) is 2.39. The number of hydrogen-bond acceptors (Lipinski definition) is 4. The van der Waals surface area contributed by atoms with Crippen LogP contribution in [0.15, 0.2) is 18.2 Å². The molecule has 0 bridgehead atoms. The fraction of sp³-hybridized carbons (Fsp3) is 0.500. The number of rotatable bonds is 6. The van der Waals surface area contributed by atoms with Gasteiger partial charge in [0.05, 0.1) is 31.8 Å². The predicted octanol–water partition coefficient (Wildman–Crippen LogP) is 2.43. The van der Waals surface area contributed by atoms with Crippen LogP contribution in [-0.2, 0) is 4.74 Å². The van der Waals surface area contributed by atoms with Crippen LogP contribution < -0.4 is 4.74 Å². The Bertz CT molecular complexity index is 468. The SMILES string of the molecule is COc1ccc(F)cc1[C@H](CO)OCC(C)(C)C#N. The monoisotopic (exact) mass is 267 g/mol. The van der Waals surface area contributed by atoms with Crippen molar-refractivity contribution < 1.29 is 19.0 Å². The first-order valence-electron chi connectivity index (χ1n) is 5.90. The number of ether oxygens (including phenoxy) is 2. The standard InChI is InChI=1S/C14H18FNO3/c1-14(2,8-16)9-19-13(7-17)11-6-10(15)4-5-12(11)18-3/h4-6,13,17H,7,9H2,1-3H3/t13-/m0/s1. The van der Waals surface area contributed by atoms with Gasteiger partial charge >= 0.3 is 0 Å². The van der Waals surface area contributed by atoms with E-state index in [-0.39, 0.29) is 13.2 Å². The molecular weight excluding hydrogens is 249 g/mol. The molecule has 0 aliphatic rings. The minimum atomic E-state index is -0.724. The van der Waals surface area contributed by atoms with Crippen molar-refractivity contribution in [1.82, 2.24) is 0 Å². The highest BCUT2D eigenvalue weighted by atomic mass is 19.1. The Hall–Kier alpha value is -1.64. The molecule has 1 atom stereocenters. The molecule has 4 nitrogen and oxygen atoms in total. The van der Waals surface area contributed by atoms with E-state index >= 15 is 0 Å². The van der Waals surface area contributed by atoms with Crippen LogP contribution in [0.25, 0.3) is 0 Å². The number of nitriles is 1. The smallest absolute Gasteiger partial charge is 0.124 e. The van der Waals surface area contributed by atoms with E-state index in [2.05, 4.69) is 6.07 Å². The van der Waals surface area contributed by atoms with Crippen molar-refractivity contribution in [3.8, 4) is 11.8 Å². The molecule has 1 N–H and O–H groups in total. The quantitative estimate of drug-likeness (QED) is 0.859. The lowest BCUT2D eigenvalue weighted by Crippen LogP contribution is -2.21. The van der Waals surface area contributed by atoms with Gasteiger partial charge in [-0.05, 0) is 32.0 Å². The maximum Gasteiger partial charge on any atom is 0.124 e. The normalized spacial score (nSPS) is 12.8. The third kappa shape index (κ3) is 4.19. The molecule has 104 valence electrons. The zero-order chi connectivity index (χ0) is 14.5. The maximum absolute atomic E-state index is 13.3. The van der Waals surface area contributed by atoms with Crippen LogP contribution in [0.3, 0.4) is 0 Å². The molecule has 19 heavy (non-hydrogen) atoms. The summed E-state index contributed by atoms with van der Waals surface area (Å²) < 4.78 is 23.9. The minimum absolute atomic E-state index is 0.133. The summed E-state index contributed by atoms with van der Waals surface area (Å²) in [6, 6.07) is 6.12. The summed E-state index contributed by atoms with van der Waals surface area (Å²) in [6.45, 7) is 3.27.